The van der Waals surface area contributed by atoms with Crippen LogP contribution < -0.4 is 0 Å². The molecule has 2 unspecified atom stereocenters. The molecule has 1 fully saturated rings. The highest BCUT2D eigenvalue weighted by atomic mass is 14.5. The van der Waals surface area contributed by atoms with E-state index in [0.717, 1.165) is 23.7 Å². The van der Waals surface area contributed by atoms with Crippen molar-refractivity contribution >= 4 is 0 Å². The minimum Gasteiger partial charge on any atom is -0.0654 e. The van der Waals surface area contributed by atoms with E-state index in [9.17, 15) is 0 Å². The molecule has 0 aliphatic heterocycles. The van der Waals surface area contributed by atoms with Crippen LogP contribution in [-0.2, 0) is 0 Å². The Labute approximate surface area is 84.1 Å². The SMILES string of the molecule is CCCC(CCC)CC1C(C)C1C. The van der Waals surface area contributed by atoms with Crippen molar-refractivity contribution in [2.24, 2.45) is 23.7 Å². The lowest BCUT2D eigenvalue weighted by Gasteiger charge is -2.14. The molecule has 0 aromatic carbocycles. The number of hydrogen-bond acceptors (Lipinski definition) is 0. The van der Waals surface area contributed by atoms with Crippen molar-refractivity contribution in [1.82, 2.24) is 0 Å². The van der Waals surface area contributed by atoms with Gasteiger partial charge < -0.3 is 0 Å². The topological polar surface area (TPSA) is 0 Å². The second-order valence-corrected chi connectivity index (χ2v) is 5.06. The molecule has 0 heterocycles. The second-order valence-electron chi connectivity index (χ2n) is 5.06. The molecule has 1 aliphatic rings. The van der Waals surface area contributed by atoms with Gasteiger partial charge in [-0.05, 0) is 30.1 Å². The molecule has 0 N–H and O–H groups in total. The molecule has 0 radical (unpaired) electrons. The Hall–Kier alpha value is 0. The largest absolute Gasteiger partial charge is 0.0654 e. The van der Waals surface area contributed by atoms with Crippen molar-refractivity contribution in [3.05, 3.63) is 0 Å². The number of hydrogen-bond donors (Lipinski definition) is 0. The van der Waals surface area contributed by atoms with Crippen molar-refractivity contribution in [2.45, 2.75) is 59.8 Å². The molecule has 0 amide bonds. The van der Waals surface area contributed by atoms with E-state index in [1.54, 1.807) is 0 Å². The third kappa shape index (κ3) is 3.00. The molecule has 78 valence electrons. The van der Waals surface area contributed by atoms with Gasteiger partial charge in [-0.25, -0.2) is 0 Å². The average molecular weight is 182 g/mol. The van der Waals surface area contributed by atoms with Crippen LogP contribution >= 0.6 is 0 Å². The highest BCUT2D eigenvalue weighted by Crippen LogP contribution is 2.50. The summed E-state index contributed by atoms with van der Waals surface area (Å²) in [5.41, 5.74) is 0. The van der Waals surface area contributed by atoms with Gasteiger partial charge in [-0.15, -0.1) is 0 Å². The molecule has 1 aliphatic carbocycles. The first kappa shape index (κ1) is 11.1. The summed E-state index contributed by atoms with van der Waals surface area (Å²) in [6.45, 7) is 9.49. The van der Waals surface area contributed by atoms with Gasteiger partial charge in [0.15, 0.2) is 0 Å². The second kappa shape index (κ2) is 5.02. The smallest absolute Gasteiger partial charge is 0.0355 e. The fourth-order valence-corrected chi connectivity index (χ4v) is 2.78. The van der Waals surface area contributed by atoms with Gasteiger partial charge in [0.1, 0.15) is 0 Å². The molecule has 13 heavy (non-hydrogen) atoms. The van der Waals surface area contributed by atoms with Crippen LogP contribution in [0.5, 0.6) is 0 Å². The van der Waals surface area contributed by atoms with Gasteiger partial charge in [-0.1, -0.05) is 53.4 Å². The maximum atomic E-state index is 2.42. The normalized spacial score (nSPS) is 32.5. The van der Waals surface area contributed by atoms with Crippen molar-refractivity contribution in [3.8, 4) is 0 Å². The van der Waals surface area contributed by atoms with Gasteiger partial charge in [0.2, 0.25) is 0 Å². The molecule has 2 atom stereocenters. The minimum absolute atomic E-state index is 1.02. The fraction of sp³-hybridized carbons (Fsp3) is 1.00. The Balaban J connectivity index is 2.22. The van der Waals surface area contributed by atoms with Gasteiger partial charge in [-0.3, -0.25) is 0 Å². The van der Waals surface area contributed by atoms with E-state index in [1.165, 1.54) is 32.1 Å². The Morgan fingerprint density at radius 1 is 0.923 bits per heavy atom. The summed E-state index contributed by atoms with van der Waals surface area (Å²) in [6, 6.07) is 0. The van der Waals surface area contributed by atoms with E-state index in [1.807, 2.05) is 0 Å². The minimum atomic E-state index is 1.02. The molecule has 0 aromatic rings. The Morgan fingerprint density at radius 3 is 1.69 bits per heavy atom. The third-order valence-electron chi connectivity index (χ3n) is 4.04. The van der Waals surface area contributed by atoms with E-state index >= 15 is 0 Å². The standard InChI is InChI=1S/C13H26/c1-5-7-12(8-6-2)9-13-10(3)11(13)4/h10-13H,5-9H2,1-4H3. The summed E-state index contributed by atoms with van der Waals surface area (Å²) >= 11 is 0. The predicted octanol–water partition coefficient (Wildman–Crippen LogP) is 4.49. The molecule has 0 nitrogen and oxygen atoms in total. The van der Waals surface area contributed by atoms with Gasteiger partial charge in [0.25, 0.3) is 0 Å². The van der Waals surface area contributed by atoms with E-state index in [2.05, 4.69) is 27.7 Å². The molecule has 0 aromatic heterocycles. The monoisotopic (exact) mass is 182 g/mol. The Kier molecular flexibility index (Phi) is 4.28. The van der Waals surface area contributed by atoms with Crippen LogP contribution in [0, 0.1) is 23.7 Å². The van der Waals surface area contributed by atoms with Crippen LogP contribution in [0.15, 0.2) is 0 Å². The average Bonchev–Trinajstić information content (AvgIpc) is 2.63. The molecule has 1 saturated carbocycles. The predicted molar refractivity (Wildman–Crippen MR) is 59.7 cm³/mol. The zero-order chi connectivity index (χ0) is 9.84. The van der Waals surface area contributed by atoms with E-state index in [4.69, 9.17) is 0 Å². The molecule has 1 rings (SSSR count). The van der Waals surface area contributed by atoms with Crippen molar-refractivity contribution in [2.75, 3.05) is 0 Å². The van der Waals surface area contributed by atoms with Gasteiger partial charge >= 0.3 is 0 Å². The lowest BCUT2D eigenvalue weighted by atomic mass is 9.92. The molecule has 0 spiro atoms. The Morgan fingerprint density at radius 2 is 1.38 bits per heavy atom. The van der Waals surface area contributed by atoms with Crippen LogP contribution in [-0.4, -0.2) is 0 Å². The molecule has 0 heteroatoms. The lowest BCUT2D eigenvalue weighted by molar-refractivity contribution is 0.378. The first-order valence-corrected chi connectivity index (χ1v) is 6.20. The maximum Gasteiger partial charge on any atom is -0.0355 e. The van der Waals surface area contributed by atoms with Gasteiger partial charge in [0, 0.05) is 0 Å². The summed E-state index contributed by atoms with van der Waals surface area (Å²) in [7, 11) is 0. The van der Waals surface area contributed by atoms with Crippen LogP contribution in [0.1, 0.15) is 59.8 Å². The van der Waals surface area contributed by atoms with Crippen molar-refractivity contribution in [3.63, 3.8) is 0 Å². The van der Waals surface area contributed by atoms with Crippen molar-refractivity contribution < 1.29 is 0 Å². The summed E-state index contributed by atoms with van der Waals surface area (Å²) in [5.74, 6) is 4.16. The first-order chi connectivity index (χ1) is 6.20. The zero-order valence-electron chi connectivity index (χ0n) is 9.84. The maximum absolute atomic E-state index is 2.42. The lowest BCUT2D eigenvalue weighted by Crippen LogP contribution is -2.01. The quantitative estimate of drug-likeness (QED) is 0.567. The van der Waals surface area contributed by atoms with Crippen LogP contribution in [0.3, 0.4) is 0 Å². The number of rotatable bonds is 6. The van der Waals surface area contributed by atoms with E-state index in [0.29, 0.717) is 0 Å². The van der Waals surface area contributed by atoms with Crippen LogP contribution in [0.25, 0.3) is 0 Å². The van der Waals surface area contributed by atoms with Crippen LogP contribution in [0.2, 0.25) is 0 Å². The van der Waals surface area contributed by atoms with Gasteiger partial charge in [0.05, 0.1) is 0 Å². The fourth-order valence-electron chi connectivity index (χ4n) is 2.78. The molecule has 0 saturated heterocycles. The third-order valence-corrected chi connectivity index (χ3v) is 4.04. The zero-order valence-corrected chi connectivity index (χ0v) is 9.84. The molecule has 0 bridgehead atoms. The van der Waals surface area contributed by atoms with E-state index in [-0.39, 0.29) is 0 Å². The summed E-state index contributed by atoms with van der Waals surface area (Å²) in [4.78, 5) is 0. The molecular weight excluding hydrogens is 156 g/mol. The summed E-state index contributed by atoms with van der Waals surface area (Å²) in [5, 5.41) is 0. The summed E-state index contributed by atoms with van der Waals surface area (Å²) < 4.78 is 0. The highest BCUT2D eigenvalue weighted by Gasteiger charge is 2.42. The molecular formula is C13H26. The highest BCUT2D eigenvalue weighted by molar-refractivity contribution is 4.91. The summed E-state index contributed by atoms with van der Waals surface area (Å²) in [6.07, 6.45) is 7.19. The van der Waals surface area contributed by atoms with E-state index < -0.39 is 0 Å². The van der Waals surface area contributed by atoms with Gasteiger partial charge in [-0.2, -0.15) is 0 Å². The first-order valence-electron chi connectivity index (χ1n) is 6.20. The van der Waals surface area contributed by atoms with Crippen molar-refractivity contribution in [1.29, 1.82) is 0 Å². The Bertz CT molecular complexity index is 125. The van der Waals surface area contributed by atoms with Crippen LogP contribution in [0.4, 0.5) is 0 Å².